The zero-order valence-corrected chi connectivity index (χ0v) is 56.1. The van der Waals surface area contributed by atoms with E-state index in [4.69, 9.17) is 6.58 Å². The Labute approximate surface area is 537 Å². The Hall–Kier alpha value is -8.39. The van der Waals surface area contributed by atoms with Crippen molar-refractivity contribution in [2.75, 3.05) is 0 Å². The van der Waals surface area contributed by atoms with Gasteiger partial charge >= 0.3 is 0 Å². The fraction of sp³-hybridized carbons (Fsp3) is 0.233. The van der Waals surface area contributed by atoms with Crippen LogP contribution in [0.3, 0.4) is 0 Å². The Bertz CT molecular complexity index is 4090. The van der Waals surface area contributed by atoms with Crippen LogP contribution in [-0.4, -0.2) is 20.1 Å². The van der Waals surface area contributed by atoms with Crippen LogP contribution in [0.25, 0.3) is 56.7 Å². The Balaban J connectivity index is 0.00000432. The fourth-order valence-corrected chi connectivity index (χ4v) is 15.7. The minimum atomic E-state index is -0.0164. The number of allylic oxidation sites excluding steroid dienone is 9. The van der Waals surface area contributed by atoms with Crippen LogP contribution in [0, 0.1) is 73.1 Å². The molecule has 0 bridgehead atoms. The van der Waals surface area contributed by atoms with Gasteiger partial charge in [-0.05, 0) is 148 Å². The molecule has 0 saturated carbocycles. The third-order valence-electron chi connectivity index (χ3n) is 20.1. The van der Waals surface area contributed by atoms with Gasteiger partial charge in [0.15, 0.2) is 0 Å². The van der Waals surface area contributed by atoms with Crippen molar-refractivity contribution in [2.45, 2.75) is 117 Å². The van der Waals surface area contributed by atoms with Crippen molar-refractivity contribution in [1.82, 2.24) is 0 Å². The van der Waals surface area contributed by atoms with E-state index in [2.05, 4.69) is 321 Å². The number of benzene rings is 9. The molecular weight excluding hydrogens is 1070 g/mol. The molecule has 9 aromatic rings. The molecule has 0 saturated heterocycles. The summed E-state index contributed by atoms with van der Waals surface area (Å²) in [6.45, 7) is 41.8. The molecule has 0 N–H and O–H groups in total. The van der Waals surface area contributed by atoms with Crippen LogP contribution >= 0.6 is 0 Å². The number of rotatable bonds is 15. The first-order valence-corrected chi connectivity index (χ1v) is 32.8. The smallest absolute Gasteiger partial charge is 0.0984 e. The fourth-order valence-electron chi connectivity index (χ4n) is 15.7. The number of hydrogen-bond donors (Lipinski definition) is 0. The van der Waals surface area contributed by atoms with Crippen molar-refractivity contribution in [2.24, 2.45) is 17.8 Å². The van der Waals surface area contributed by atoms with Gasteiger partial charge in [0.1, 0.15) is 0 Å². The summed E-state index contributed by atoms with van der Waals surface area (Å²) < 4.78 is 0. The highest BCUT2D eigenvalue weighted by Crippen LogP contribution is 2.51. The molecule has 3 unspecified atom stereocenters. The average Bonchev–Trinajstić information content (AvgIpc) is 3.03. The number of aryl methyl sites for hydroxylation is 8. The normalized spacial score (nSPS) is 16.4. The second-order valence-corrected chi connectivity index (χ2v) is 25.8. The van der Waals surface area contributed by atoms with E-state index < -0.39 is 0 Å². The molecule has 444 valence electrons. The zero-order chi connectivity index (χ0) is 63.4. The maximum atomic E-state index is 4.87. The molecule has 0 radical (unpaired) electrons. The lowest BCUT2D eigenvalue weighted by atomic mass is 9.29. The summed E-state index contributed by atoms with van der Waals surface area (Å²) in [5, 5.41) is 0. The molecule has 0 amide bonds. The van der Waals surface area contributed by atoms with Crippen molar-refractivity contribution in [1.29, 1.82) is 0 Å². The van der Waals surface area contributed by atoms with Crippen LogP contribution in [0.2, 0.25) is 5.82 Å². The highest BCUT2D eigenvalue weighted by Gasteiger charge is 2.38. The van der Waals surface area contributed by atoms with Crippen LogP contribution in [0.15, 0.2) is 241 Å². The van der Waals surface area contributed by atoms with Gasteiger partial charge in [0.05, 0.1) is 0 Å². The summed E-state index contributed by atoms with van der Waals surface area (Å²) in [6.07, 6.45) is 16.5. The van der Waals surface area contributed by atoms with Crippen LogP contribution in [0.4, 0.5) is 0 Å². The molecule has 0 aromatic heterocycles. The molecule has 9 aromatic carbocycles. The summed E-state index contributed by atoms with van der Waals surface area (Å²) >= 11 is 0. The molecule has 2 aliphatic rings. The van der Waals surface area contributed by atoms with Crippen molar-refractivity contribution in [3.05, 3.63) is 297 Å². The van der Waals surface area contributed by atoms with E-state index in [1.807, 2.05) is 13.8 Å². The van der Waals surface area contributed by atoms with E-state index in [9.17, 15) is 0 Å². The van der Waals surface area contributed by atoms with Gasteiger partial charge < -0.3 is 0 Å². The van der Waals surface area contributed by atoms with Crippen molar-refractivity contribution in [3.8, 4) is 44.5 Å². The highest BCUT2D eigenvalue weighted by molar-refractivity contribution is 6.93. The van der Waals surface area contributed by atoms with E-state index in [0.717, 1.165) is 22.3 Å². The molecule has 0 heterocycles. The molecule has 2 aliphatic carbocycles. The highest BCUT2D eigenvalue weighted by atomic mass is 14.3. The predicted octanol–water partition coefficient (Wildman–Crippen LogP) is 19.2. The van der Waals surface area contributed by atoms with Crippen LogP contribution in [-0.2, 0) is 0 Å². The van der Waals surface area contributed by atoms with Crippen molar-refractivity contribution >= 4 is 65.1 Å². The molecule has 0 spiro atoms. The van der Waals surface area contributed by atoms with Gasteiger partial charge in [-0.25, -0.2) is 0 Å². The van der Waals surface area contributed by atoms with Gasteiger partial charge in [-0.15, -0.1) is 0 Å². The lowest BCUT2D eigenvalue weighted by molar-refractivity contribution is 0.536. The SMILES string of the molecule is C=Cc1c(/C=C(\C)B(c2c(C)cccc2C)c2c(C)cccc2C)c(-c2ccc(B(c3c(C)cccc3C)C3C(C)=CC=CC3C)cc2)c(-c2ccccc2)c(-c2ccccc2)c1-c1ccc(B(C2=C(C)C=C[C@H](C)C2C)c2c(C)cccc2C)cc1.CC. The average molecular weight is 1160 g/mol. The predicted molar refractivity (Wildman–Crippen MR) is 398 cm³/mol. The van der Waals surface area contributed by atoms with Gasteiger partial charge in [0, 0.05) is 0 Å². The molecule has 3 heteroatoms. The topological polar surface area (TPSA) is 0 Å². The Morgan fingerprint density at radius 2 is 0.820 bits per heavy atom. The lowest BCUT2D eigenvalue weighted by Crippen LogP contribution is -2.50. The third-order valence-corrected chi connectivity index (χ3v) is 20.1. The van der Waals surface area contributed by atoms with Gasteiger partial charge in [0.2, 0.25) is 20.1 Å². The van der Waals surface area contributed by atoms with E-state index in [-0.39, 0.29) is 20.1 Å². The van der Waals surface area contributed by atoms with Gasteiger partial charge in [-0.1, -0.05) is 372 Å². The van der Waals surface area contributed by atoms with Gasteiger partial charge in [-0.2, -0.15) is 0 Å². The summed E-state index contributed by atoms with van der Waals surface area (Å²) in [5.41, 5.74) is 36.0. The Morgan fingerprint density at radius 3 is 1.26 bits per heavy atom. The molecule has 0 fully saturated rings. The first-order chi connectivity index (χ1) is 43.0. The van der Waals surface area contributed by atoms with Gasteiger partial charge in [-0.3, -0.25) is 0 Å². The Kier molecular flexibility index (Phi) is 19.7. The molecule has 0 aliphatic heterocycles. The first kappa shape index (κ1) is 63.6. The molecule has 89 heavy (non-hydrogen) atoms. The summed E-state index contributed by atoms with van der Waals surface area (Å²) in [7, 11) is 0. The van der Waals surface area contributed by atoms with E-state index in [1.54, 1.807) is 0 Å². The molecule has 4 atom stereocenters. The quantitative estimate of drug-likeness (QED) is 0.0898. The third kappa shape index (κ3) is 12.4. The second kappa shape index (κ2) is 27.6. The number of hydrogen-bond acceptors (Lipinski definition) is 0. The van der Waals surface area contributed by atoms with E-state index in [0.29, 0.717) is 23.6 Å². The van der Waals surface area contributed by atoms with Crippen LogP contribution < -0.4 is 32.8 Å². The maximum Gasteiger partial charge on any atom is 0.238 e. The van der Waals surface area contributed by atoms with Crippen molar-refractivity contribution < 1.29 is 0 Å². The van der Waals surface area contributed by atoms with Crippen LogP contribution in [0.1, 0.15) is 111 Å². The van der Waals surface area contributed by atoms with E-state index in [1.165, 1.54) is 133 Å². The minimum Gasteiger partial charge on any atom is -0.0984 e. The maximum absolute atomic E-state index is 4.87. The zero-order valence-electron chi connectivity index (χ0n) is 56.1. The summed E-state index contributed by atoms with van der Waals surface area (Å²) in [6, 6.07) is 69.2. The van der Waals surface area contributed by atoms with Gasteiger partial charge in [0.25, 0.3) is 0 Å². The largest absolute Gasteiger partial charge is 0.238 e. The van der Waals surface area contributed by atoms with Crippen molar-refractivity contribution in [3.63, 3.8) is 0 Å². The van der Waals surface area contributed by atoms with E-state index >= 15 is 0 Å². The molecule has 11 rings (SSSR count). The second-order valence-electron chi connectivity index (χ2n) is 25.8. The minimum absolute atomic E-state index is 0.0164. The summed E-state index contributed by atoms with van der Waals surface area (Å²) in [4.78, 5) is 0. The molecular formula is C86H91B3. The first-order valence-electron chi connectivity index (χ1n) is 32.8. The summed E-state index contributed by atoms with van der Waals surface area (Å²) in [5.74, 6) is 1.48. The lowest BCUT2D eigenvalue weighted by Gasteiger charge is -2.34. The Morgan fingerprint density at radius 1 is 0.416 bits per heavy atom. The monoisotopic (exact) mass is 1160 g/mol. The van der Waals surface area contributed by atoms with Crippen LogP contribution in [0.5, 0.6) is 0 Å². The standard InChI is InChI=1S/C84H85B3.C2H6/c1-16-73-74(52-65(14)85(79-54(3)28-23-29-55(79)4)80-56(5)30-24-31-57(80)6)76(70-46-48-71(49-47-70)86(81-58(7)32-25-33-59(81)8)82-60(9)34-26-35-61(82)10)78(68-40-21-18-22-41-68)77(67-38-19-17-20-39-67)75(73)69-44-50-72(51-45-69)87(83-62(11)36-27-37-63(83)12)84-64(13)43-42-53(2)66(84)15;1-2/h16-53,58,66,81H,1H2,2-15H3;1-2H3/b65-52+;/t53-,58?,66?,81?;/m0./s1. The molecule has 0 nitrogen and oxygen atoms in total.